The van der Waals surface area contributed by atoms with Crippen molar-refractivity contribution in [2.45, 2.75) is 24.8 Å². The van der Waals surface area contributed by atoms with E-state index in [1.54, 1.807) is 19.1 Å². The van der Waals surface area contributed by atoms with Crippen molar-refractivity contribution in [3.05, 3.63) is 65.3 Å². The summed E-state index contributed by atoms with van der Waals surface area (Å²) < 4.78 is 10.6. The van der Waals surface area contributed by atoms with Crippen LogP contribution < -0.4 is 10.6 Å². The maximum absolute atomic E-state index is 12.6. The van der Waals surface area contributed by atoms with Crippen molar-refractivity contribution in [3.8, 4) is 0 Å². The zero-order valence-corrected chi connectivity index (χ0v) is 15.4. The molecule has 0 bridgehead atoms. The van der Waals surface area contributed by atoms with Crippen molar-refractivity contribution in [1.29, 1.82) is 0 Å². The number of benzene rings is 1. The Balaban J connectivity index is 1.91. The number of hydrogen-bond donors (Lipinski definition) is 2. The molecule has 1 unspecified atom stereocenters. The number of carbonyl (C=O) groups excluding carboxylic acids is 2. The van der Waals surface area contributed by atoms with E-state index >= 15 is 0 Å². The van der Waals surface area contributed by atoms with Gasteiger partial charge in [-0.25, -0.2) is 9.59 Å². The first kappa shape index (κ1) is 18.1. The maximum atomic E-state index is 12.6. The van der Waals surface area contributed by atoms with Gasteiger partial charge >= 0.3 is 12.0 Å². The van der Waals surface area contributed by atoms with Gasteiger partial charge in [0.15, 0.2) is 0 Å². The quantitative estimate of drug-likeness (QED) is 0.599. The summed E-state index contributed by atoms with van der Waals surface area (Å²) in [4.78, 5) is 25.7. The predicted octanol–water partition coefficient (Wildman–Crippen LogP) is 3.55. The first-order valence-electron chi connectivity index (χ1n) is 8.29. The van der Waals surface area contributed by atoms with Crippen molar-refractivity contribution in [2.24, 2.45) is 0 Å². The van der Waals surface area contributed by atoms with Crippen LogP contribution in [0.1, 0.15) is 24.3 Å². The van der Waals surface area contributed by atoms with E-state index in [1.165, 1.54) is 23.6 Å². The molecule has 0 saturated heterocycles. The molecule has 136 valence electrons. The molecule has 1 aliphatic rings. The van der Waals surface area contributed by atoms with Gasteiger partial charge < -0.3 is 19.8 Å². The third kappa shape index (κ3) is 4.11. The van der Waals surface area contributed by atoms with E-state index in [9.17, 15) is 9.59 Å². The molecule has 2 aromatic rings. The standard InChI is InChI=1S/C19H20N2O4S/c1-3-24-18(22)16-14(11-26-13-8-6-12(2)7-9-13)20-19(23)21-17(16)15-5-4-10-25-15/h4-10,17H,3,11H2,1-2H3,(H2,20,21,23). The highest BCUT2D eigenvalue weighted by molar-refractivity contribution is 7.99. The Labute approximate surface area is 156 Å². The summed E-state index contributed by atoms with van der Waals surface area (Å²) in [6.45, 7) is 4.02. The molecular weight excluding hydrogens is 352 g/mol. The average Bonchev–Trinajstić information content (AvgIpc) is 3.15. The van der Waals surface area contributed by atoms with Crippen LogP contribution in [0.15, 0.2) is 63.2 Å². The molecule has 6 nitrogen and oxygen atoms in total. The van der Waals surface area contributed by atoms with Crippen LogP contribution in [0.5, 0.6) is 0 Å². The molecular formula is C19H20N2O4S. The summed E-state index contributed by atoms with van der Waals surface area (Å²) >= 11 is 1.54. The van der Waals surface area contributed by atoms with Crippen LogP contribution >= 0.6 is 11.8 Å². The maximum Gasteiger partial charge on any atom is 0.338 e. The van der Waals surface area contributed by atoms with E-state index in [0.29, 0.717) is 22.8 Å². The van der Waals surface area contributed by atoms with Crippen LogP contribution in [0, 0.1) is 6.92 Å². The van der Waals surface area contributed by atoms with Gasteiger partial charge in [-0.05, 0) is 38.1 Å². The van der Waals surface area contributed by atoms with Gasteiger partial charge in [-0.3, -0.25) is 0 Å². The van der Waals surface area contributed by atoms with Crippen molar-refractivity contribution < 1.29 is 18.7 Å². The molecule has 0 spiro atoms. The van der Waals surface area contributed by atoms with E-state index in [2.05, 4.69) is 10.6 Å². The molecule has 7 heteroatoms. The van der Waals surface area contributed by atoms with Gasteiger partial charge in [-0.1, -0.05) is 17.7 Å². The third-order valence-electron chi connectivity index (χ3n) is 3.88. The Kier molecular flexibility index (Phi) is 5.68. The number of carbonyl (C=O) groups is 2. The number of furan rings is 1. The topological polar surface area (TPSA) is 80.6 Å². The second-order valence-electron chi connectivity index (χ2n) is 5.76. The zero-order chi connectivity index (χ0) is 18.5. The monoisotopic (exact) mass is 372 g/mol. The minimum Gasteiger partial charge on any atom is -0.467 e. The lowest BCUT2D eigenvalue weighted by Gasteiger charge is -2.27. The lowest BCUT2D eigenvalue weighted by Crippen LogP contribution is -2.46. The number of aryl methyl sites for hydroxylation is 1. The molecule has 3 rings (SSSR count). The molecule has 1 aliphatic heterocycles. The highest BCUT2D eigenvalue weighted by atomic mass is 32.2. The molecule has 0 aliphatic carbocycles. The fourth-order valence-electron chi connectivity index (χ4n) is 2.64. The molecule has 1 atom stereocenters. The zero-order valence-electron chi connectivity index (χ0n) is 14.6. The van der Waals surface area contributed by atoms with Crippen LogP contribution in [0.2, 0.25) is 0 Å². The van der Waals surface area contributed by atoms with Crippen LogP contribution in [-0.2, 0) is 9.53 Å². The van der Waals surface area contributed by atoms with E-state index in [1.807, 2.05) is 31.2 Å². The van der Waals surface area contributed by atoms with Gasteiger partial charge in [-0.15, -0.1) is 11.8 Å². The molecule has 0 saturated carbocycles. The van der Waals surface area contributed by atoms with Crippen molar-refractivity contribution in [3.63, 3.8) is 0 Å². The van der Waals surface area contributed by atoms with Gasteiger partial charge in [0.05, 0.1) is 18.4 Å². The van der Waals surface area contributed by atoms with Crippen LogP contribution in [0.25, 0.3) is 0 Å². The summed E-state index contributed by atoms with van der Waals surface area (Å²) in [6.07, 6.45) is 1.51. The number of nitrogens with one attached hydrogen (secondary N) is 2. The Bertz CT molecular complexity index is 813. The second kappa shape index (κ2) is 8.14. The first-order valence-corrected chi connectivity index (χ1v) is 9.27. The lowest BCUT2D eigenvalue weighted by atomic mass is 10.0. The van der Waals surface area contributed by atoms with Gasteiger partial charge in [0.1, 0.15) is 11.8 Å². The fourth-order valence-corrected chi connectivity index (χ4v) is 3.51. The van der Waals surface area contributed by atoms with Gasteiger partial charge in [0.2, 0.25) is 0 Å². The third-order valence-corrected chi connectivity index (χ3v) is 4.92. The SMILES string of the molecule is CCOC(=O)C1=C(CSc2ccc(C)cc2)NC(=O)NC1c1ccco1. The van der Waals surface area contributed by atoms with E-state index in [-0.39, 0.29) is 12.6 Å². The smallest absolute Gasteiger partial charge is 0.338 e. The molecule has 2 N–H and O–H groups in total. The Morgan fingerprint density at radius 1 is 1.27 bits per heavy atom. The Morgan fingerprint density at radius 3 is 2.69 bits per heavy atom. The number of urea groups is 1. The minimum absolute atomic E-state index is 0.250. The summed E-state index contributed by atoms with van der Waals surface area (Å²) in [5.74, 6) is 0.448. The van der Waals surface area contributed by atoms with Crippen LogP contribution in [-0.4, -0.2) is 24.4 Å². The normalized spacial score (nSPS) is 16.8. The van der Waals surface area contributed by atoms with Crippen molar-refractivity contribution >= 4 is 23.8 Å². The largest absolute Gasteiger partial charge is 0.467 e. The van der Waals surface area contributed by atoms with Crippen LogP contribution in [0.3, 0.4) is 0 Å². The summed E-state index contributed by atoms with van der Waals surface area (Å²) in [5.41, 5.74) is 2.06. The molecule has 0 radical (unpaired) electrons. The highest BCUT2D eigenvalue weighted by Gasteiger charge is 2.35. The lowest BCUT2D eigenvalue weighted by molar-refractivity contribution is -0.139. The second-order valence-corrected chi connectivity index (χ2v) is 6.81. The molecule has 2 amide bonds. The number of hydrogen-bond acceptors (Lipinski definition) is 5. The number of ether oxygens (including phenoxy) is 1. The summed E-state index contributed by atoms with van der Waals surface area (Å²) in [7, 11) is 0. The summed E-state index contributed by atoms with van der Waals surface area (Å²) in [6, 6.07) is 10.5. The molecule has 26 heavy (non-hydrogen) atoms. The average molecular weight is 372 g/mol. The molecule has 0 fully saturated rings. The Morgan fingerprint density at radius 2 is 2.04 bits per heavy atom. The number of rotatable bonds is 6. The molecule has 1 aromatic carbocycles. The highest BCUT2D eigenvalue weighted by Crippen LogP contribution is 2.31. The van der Waals surface area contributed by atoms with Gasteiger partial charge in [0, 0.05) is 16.3 Å². The minimum atomic E-state index is -0.675. The number of esters is 1. The van der Waals surface area contributed by atoms with Crippen LogP contribution in [0.4, 0.5) is 4.79 Å². The molecule has 1 aromatic heterocycles. The first-order chi connectivity index (χ1) is 12.6. The van der Waals surface area contributed by atoms with E-state index < -0.39 is 12.0 Å². The van der Waals surface area contributed by atoms with E-state index in [0.717, 1.165) is 4.90 Å². The van der Waals surface area contributed by atoms with Crippen molar-refractivity contribution in [2.75, 3.05) is 12.4 Å². The van der Waals surface area contributed by atoms with Gasteiger partial charge in [-0.2, -0.15) is 0 Å². The van der Waals surface area contributed by atoms with E-state index in [4.69, 9.17) is 9.15 Å². The molecule has 2 heterocycles. The number of thioether (sulfide) groups is 1. The Hall–Kier alpha value is -2.67. The summed E-state index contributed by atoms with van der Waals surface area (Å²) in [5, 5.41) is 5.48. The number of amides is 2. The predicted molar refractivity (Wildman–Crippen MR) is 98.7 cm³/mol. The fraction of sp³-hybridized carbons (Fsp3) is 0.263. The van der Waals surface area contributed by atoms with Crippen molar-refractivity contribution in [1.82, 2.24) is 10.6 Å². The van der Waals surface area contributed by atoms with Gasteiger partial charge in [0.25, 0.3) is 0 Å².